The summed E-state index contributed by atoms with van der Waals surface area (Å²) in [6, 6.07) is 4.67. The molecule has 9 nitrogen and oxygen atoms in total. The van der Waals surface area contributed by atoms with Gasteiger partial charge in [0.15, 0.2) is 0 Å². The van der Waals surface area contributed by atoms with E-state index < -0.39 is 16.1 Å². The fourth-order valence-corrected chi connectivity index (χ4v) is 5.13. The molecule has 29 heavy (non-hydrogen) atoms. The molecule has 1 saturated carbocycles. The number of rotatable bonds is 5. The van der Waals surface area contributed by atoms with Crippen molar-refractivity contribution >= 4 is 33.1 Å². The zero-order chi connectivity index (χ0) is 21.2. The second-order valence-corrected chi connectivity index (χ2v) is 9.93. The van der Waals surface area contributed by atoms with Crippen LogP contribution in [0.1, 0.15) is 50.5 Å². The van der Waals surface area contributed by atoms with Gasteiger partial charge in [0.1, 0.15) is 10.0 Å². The van der Waals surface area contributed by atoms with Crippen LogP contribution in [0, 0.1) is 0 Å². The Bertz CT molecular complexity index is 982. The van der Waals surface area contributed by atoms with Crippen molar-refractivity contribution in [3.8, 4) is 10.6 Å². The molecule has 0 aliphatic heterocycles. The molecule has 0 spiro atoms. The first-order chi connectivity index (χ1) is 13.6. The van der Waals surface area contributed by atoms with Gasteiger partial charge >= 0.3 is 6.09 Å². The number of carbonyl (C=O) groups excluding carboxylic acids is 1. The van der Waals surface area contributed by atoms with Gasteiger partial charge in [-0.25, -0.2) is 18.4 Å². The van der Waals surface area contributed by atoms with Crippen molar-refractivity contribution in [1.29, 1.82) is 0 Å². The first kappa shape index (κ1) is 21.6. The SMILES string of the molecule is CC(C)OC(=O)Nc1ccc(-c2nnc(C3CCC(N)CC3)s2)c(S(N)(=O)=O)c1. The van der Waals surface area contributed by atoms with Gasteiger partial charge in [-0.05, 0) is 57.7 Å². The van der Waals surface area contributed by atoms with E-state index in [2.05, 4.69) is 15.5 Å². The molecular formula is C18H25N5O4S2. The Morgan fingerprint density at radius 1 is 1.24 bits per heavy atom. The van der Waals surface area contributed by atoms with E-state index >= 15 is 0 Å². The molecule has 0 radical (unpaired) electrons. The Morgan fingerprint density at radius 3 is 2.55 bits per heavy atom. The fourth-order valence-electron chi connectivity index (χ4n) is 3.25. The van der Waals surface area contributed by atoms with Gasteiger partial charge in [0.25, 0.3) is 0 Å². The zero-order valence-electron chi connectivity index (χ0n) is 16.3. The van der Waals surface area contributed by atoms with Gasteiger partial charge in [0.2, 0.25) is 10.0 Å². The van der Waals surface area contributed by atoms with Crippen LogP contribution < -0.4 is 16.2 Å². The largest absolute Gasteiger partial charge is 0.447 e. The number of nitrogens with zero attached hydrogens (tertiary/aromatic N) is 2. The maximum absolute atomic E-state index is 12.2. The molecule has 2 aromatic rings. The number of hydrogen-bond acceptors (Lipinski definition) is 8. The van der Waals surface area contributed by atoms with Gasteiger partial charge in [-0.2, -0.15) is 0 Å². The second-order valence-electron chi connectivity index (χ2n) is 7.39. The molecule has 0 atom stereocenters. The first-order valence-electron chi connectivity index (χ1n) is 9.37. The average molecular weight is 440 g/mol. The lowest BCUT2D eigenvalue weighted by Crippen LogP contribution is -2.25. The Labute approximate surface area is 173 Å². The number of primary sulfonamides is 1. The van der Waals surface area contributed by atoms with Crippen molar-refractivity contribution < 1.29 is 17.9 Å². The highest BCUT2D eigenvalue weighted by atomic mass is 32.2. The zero-order valence-corrected chi connectivity index (χ0v) is 17.9. The highest BCUT2D eigenvalue weighted by molar-refractivity contribution is 7.89. The number of nitrogens with one attached hydrogen (secondary N) is 1. The van der Waals surface area contributed by atoms with Crippen LogP contribution in [0.5, 0.6) is 0 Å². The molecule has 158 valence electrons. The monoisotopic (exact) mass is 439 g/mol. The molecule has 0 saturated heterocycles. The highest BCUT2D eigenvalue weighted by Crippen LogP contribution is 2.38. The molecule has 5 N–H and O–H groups in total. The minimum atomic E-state index is -4.06. The number of carbonyl (C=O) groups is 1. The number of aromatic nitrogens is 2. The Kier molecular flexibility index (Phi) is 6.52. The molecule has 0 unspecified atom stereocenters. The number of hydrogen-bond donors (Lipinski definition) is 3. The van der Waals surface area contributed by atoms with Gasteiger partial charge in [-0.1, -0.05) is 11.3 Å². The molecule has 1 aliphatic rings. The van der Waals surface area contributed by atoms with Crippen molar-refractivity contribution in [3.63, 3.8) is 0 Å². The summed E-state index contributed by atoms with van der Waals surface area (Å²) < 4.78 is 29.3. The molecule has 1 heterocycles. The minimum Gasteiger partial charge on any atom is -0.447 e. The summed E-state index contributed by atoms with van der Waals surface area (Å²) in [7, 11) is -4.06. The molecule has 11 heteroatoms. The molecular weight excluding hydrogens is 414 g/mol. The summed E-state index contributed by atoms with van der Waals surface area (Å²) in [6.07, 6.45) is 2.78. The summed E-state index contributed by atoms with van der Waals surface area (Å²) in [5, 5.41) is 17.7. The predicted molar refractivity (Wildman–Crippen MR) is 111 cm³/mol. The summed E-state index contributed by atoms with van der Waals surface area (Å²) in [4.78, 5) is 11.7. The lowest BCUT2D eigenvalue weighted by Gasteiger charge is -2.23. The van der Waals surface area contributed by atoms with Crippen molar-refractivity contribution in [2.75, 3.05) is 5.32 Å². The quantitative estimate of drug-likeness (QED) is 0.648. The number of ether oxygens (including phenoxy) is 1. The van der Waals surface area contributed by atoms with Crippen LogP contribution in [-0.4, -0.2) is 36.9 Å². The Balaban J connectivity index is 1.88. The Hall–Kier alpha value is -2.08. The van der Waals surface area contributed by atoms with Crippen LogP contribution in [0.2, 0.25) is 0 Å². The summed E-state index contributed by atoms with van der Waals surface area (Å²) >= 11 is 1.36. The third kappa shape index (κ3) is 5.50. The van der Waals surface area contributed by atoms with Crippen LogP contribution >= 0.6 is 11.3 Å². The van der Waals surface area contributed by atoms with Gasteiger partial charge < -0.3 is 10.5 Å². The minimum absolute atomic E-state index is 0.131. The second kappa shape index (κ2) is 8.74. The molecule has 1 aromatic carbocycles. The summed E-state index contributed by atoms with van der Waals surface area (Å²) in [5.74, 6) is 0.283. The van der Waals surface area contributed by atoms with E-state index in [1.807, 2.05) is 0 Å². The fraction of sp³-hybridized carbons (Fsp3) is 0.500. The molecule has 1 fully saturated rings. The van der Waals surface area contributed by atoms with Crippen molar-refractivity contribution in [3.05, 3.63) is 23.2 Å². The maximum atomic E-state index is 12.2. The van der Waals surface area contributed by atoms with Crippen LogP contribution in [-0.2, 0) is 14.8 Å². The third-order valence-corrected chi connectivity index (χ3v) is 6.74. The number of sulfonamides is 1. The Morgan fingerprint density at radius 2 is 1.93 bits per heavy atom. The van der Waals surface area contributed by atoms with E-state index in [1.165, 1.54) is 17.4 Å². The normalized spacial score (nSPS) is 19.9. The van der Waals surface area contributed by atoms with E-state index in [9.17, 15) is 13.2 Å². The number of anilines is 1. The number of benzene rings is 1. The molecule has 1 aromatic heterocycles. The lowest BCUT2D eigenvalue weighted by molar-refractivity contribution is 0.130. The van der Waals surface area contributed by atoms with Gasteiger partial charge in [-0.3, -0.25) is 5.32 Å². The predicted octanol–water partition coefficient (Wildman–Crippen LogP) is 2.79. The standard InChI is InChI=1S/C18H25N5O4S2/c1-10(2)27-18(24)21-13-7-8-14(15(9-13)29(20,25)26)17-23-22-16(28-17)11-3-5-12(19)6-4-11/h7-12H,3-6,19H2,1-2H3,(H,21,24)(H2,20,25,26). The van der Waals surface area contributed by atoms with E-state index in [0.717, 1.165) is 30.7 Å². The smallest absolute Gasteiger partial charge is 0.411 e. The third-order valence-electron chi connectivity index (χ3n) is 4.67. The number of nitrogens with two attached hydrogens (primary N) is 2. The maximum Gasteiger partial charge on any atom is 0.411 e. The van der Waals surface area contributed by atoms with Crippen LogP contribution in [0.25, 0.3) is 10.6 Å². The van der Waals surface area contributed by atoms with Crippen LogP contribution in [0.4, 0.5) is 10.5 Å². The van der Waals surface area contributed by atoms with Gasteiger partial charge in [-0.15, -0.1) is 10.2 Å². The molecule has 1 aliphatic carbocycles. The van der Waals surface area contributed by atoms with Crippen molar-refractivity contribution in [2.24, 2.45) is 10.9 Å². The average Bonchev–Trinajstić information content (AvgIpc) is 3.10. The van der Waals surface area contributed by atoms with E-state index in [-0.39, 0.29) is 28.6 Å². The molecule has 1 amide bonds. The van der Waals surface area contributed by atoms with Gasteiger partial charge in [0.05, 0.1) is 11.0 Å². The highest BCUT2D eigenvalue weighted by Gasteiger charge is 2.25. The summed E-state index contributed by atoms with van der Waals surface area (Å²) in [5.41, 5.74) is 6.57. The summed E-state index contributed by atoms with van der Waals surface area (Å²) in [6.45, 7) is 3.43. The molecule has 0 bridgehead atoms. The number of amides is 1. The van der Waals surface area contributed by atoms with Crippen molar-refractivity contribution in [1.82, 2.24) is 10.2 Å². The van der Waals surface area contributed by atoms with Crippen LogP contribution in [0.15, 0.2) is 23.1 Å². The topological polar surface area (TPSA) is 150 Å². The van der Waals surface area contributed by atoms with E-state index in [1.54, 1.807) is 26.0 Å². The first-order valence-corrected chi connectivity index (χ1v) is 11.7. The molecule has 3 rings (SSSR count). The van der Waals surface area contributed by atoms with Crippen LogP contribution in [0.3, 0.4) is 0 Å². The van der Waals surface area contributed by atoms with E-state index in [0.29, 0.717) is 10.6 Å². The van der Waals surface area contributed by atoms with Crippen molar-refractivity contribution in [2.45, 2.75) is 62.5 Å². The lowest BCUT2D eigenvalue weighted by atomic mass is 9.87. The van der Waals surface area contributed by atoms with Gasteiger partial charge in [0, 0.05) is 23.2 Å². The van der Waals surface area contributed by atoms with E-state index in [4.69, 9.17) is 15.6 Å².